The first-order valence-corrected chi connectivity index (χ1v) is 7.46. The van der Waals surface area contributed by atoms with Crippen LogP contribution >= 0.6 is 0 Å². The first-order valence-electron chi connectivity index (χ1n) is 7.46. The van der Waals surface area contributed by atoms with Crippen LogP contribution in [0.3, 0.4) is 0 Å². The number of hydrogen-bond donors (Lipinski definition) is 1. The van der Waals surface area contributed by atoms with Crippen LogP contribution in [0.2, 0.25) is 0 Å². The van der Waals surface area contributed by atoms with Gasteiger partial charge < -0.3 is 10.1 Å². The van der Waals surface area contributed by atoms with Crippen LogP contribution in [0.15, 0.2) is 18.2 Å². The van der Waals surface area contributed by atoms with Gasteiger partial charge in [0.2, 0.25) is 0 Å². The van der Waals surface area contributed by atoms with Crippen molar-refractivity contribution >= 4 is 0 Å². The second-order valence-electron chi connectivity index (χ2n) is 5.82. The fraction of sp³-hybridized carbons (Fsp3) is 0.625. The van der Waals surface area contributed by atoms with Gasteiger partial charge in [-0.1, -0.05) is 6.42 Å². The largest absolute Gasteiger partial charge is 0.493 e. The Morgan fingerprint density at radius 1 is 1.16 bits per heavy atom. The molecule has 1 aliphatic carbocycles. The maximum atomic E-state index is 14.0. The Kier molecular flexibility index (Phi) is 4.02. The molecule has 1 saturated heterocycles. The van der Waals surface area contributed by atoms with Gasteiger partial charge in [0.15, 0.2) is 0 Å². The van der Waals surface area contributed by atoms with Gasteiger partial charge in [0.1, 0.15) is 11.6 Å². The zero-order chi connectivity index (χ0) is 13.1. The zero-order valence-electron chi connectivity index (χ0n) is 11.3. The SMILES string of the molecule is Fc1ccc(OCC2CCC2)cc1C1CCNCC1. The summed E-state index contributed by atoms with van der Waals surface area (Å²) >= 11 is 0. The summed E-state index contributed by atoms with van der Waals surface area (Å²) in [6.07, 6.45) is 5.93. The van der Waals surface area contributed by atoms with Crippen LogP contribution in [-0.2, 0) is 0 Å². The monoisotopic (exact) mass is 263 g/mol. The molecule has 2 nitrogen and oxygen atoms in total. The predicted molar refractivity (Wildman–Crippen MR) is 74.1 cm³/mol. The van der Waals surface area contributed by atoms with Gasteiger partial charge in [-0.15, -0.1) is 0 Å². The van der Waals surface area contributed by atoms with Crippen LogP contribution in [0.4, 0.5) is 4.39 Å². The number of rotatable bonds is 4. The van der Waals surface area contributed by atoms with Gasteiger partial charge in [-0.25, -0.2) is 4.39 Å². The molecule has 1 N–H and O–H groups in total. The number of hydrogen-bond acceptors (Lipinski definition) is 2. The lowest BCUT2D eigenvalue weighted by Crippen LogP contribution is -2.27. The summed E-state index contributed by atoms with van der Waals surface area (Å²) < 4.78 is 19.8. The average Bonchev–Trinajstić information content (AvgIpc) is 2.40. The molecule has 0 bridgehead atoms. The number of piperidine rings is 1. The lowest BCUT2D eigenvalue weighted by atomic mass is 9.86. The minimum absolute atomic E-state index is 0.0807. The highest BCUT2D eigenvalue weighted by atomic mass is 19.1. The van der Waals surface area contributed by atoms with E-state index in [1.165, 1.54) is 19.3 Å². The van der Waals surface area contributed by atoms with E-state index < -0.39 is 0 Å². The van der Waals surface area contributed by atoms with Crippen molar-refractivity contribution < 1.29 is 9.13 Å². The molecule has 1 aromatic rings. The summed E-state index contributed by atoms with van der Waals surface area (Å²) in [4.78, 5) is 0. The molecule has 1 aromatic carbocycles. The molecule has 2 fully saturated rings. The third-order valence-electron chi connectivity index (χ3n) is 4.46. The first-order chi connectivity index (χ1) is 9.33. The minimum Gasteiger partial charge on any atom is -0.493 e. The molecular formula is C16H22FNO. The highest BCUT2D eigenvalue weighted by molar-refractivity contribution is 5.32. The predicted octanol–water partition coefficient (Wildman–Crippen LogP) is 3.47. The van der Waals surface area contributed by atoms with E-state index in [1.807, 2.05) is 6.07 Å². The van der Waals surface area contributed by atoms with Crippen molar-refractivity contribution in [3.05, 3.63) is 29.6 Å². The van der Waals surface area contributed by atoms with Crippen molar-refractivity contribution in [2.45, 2.75) is 38.0 Å². The Morgan fingerprint density at radius 3 is 2.63 bits per heavy atom. The molecule has 0 aromatic heterocycles. The van der Waals surface area contributed by atoms with Crippen molar-refractivity contribution in [3.63, 3.8) is 0 Å². The molecule has 2 aliphatic rings. The molecule has 0 unspecified atom stereocenters. The molecular weight excluding hydrogens is 241 g/mol. The maximum absolute atomic E-state index is 14.0. The molecule has 1 saturated carbocycles. The summed E-state index contributed by atoms with van der Waals surface area (Å²) in [5.74, 6) is 1.81. The Morgan fingerprint density at radius 2 is 1.95 bits per heavy atom. The van der Waals surface area contributed by atoms with Crippen molar-refractivity contribution in [3.8, 4) is 5.75 Å². The Labute approximate surface area is 114 Å². The van der Waals surface area contributed by atoms with Crippen molar-refractivity contribution in [2.75, 3.05) is 19.7 Å². The van der Waals surface area contributed by atoms with Gasteiger partial charge in [-0.2, -0.15) is 0 Å². The summed E-state index contributed by atoms with van der Waals surface area (Å²) in [6.45, 7) is 2.76. The van der Waals surface area contributed by atoms with E-state index in [-0.39, 0.29) is 5.82 Å². The van der Waals surface area contributed by atoms with Crippen molar-refractivity contribution in [2.24, 2.45) is 5.92 Å². The molecule has 0 radical (unpaired) electrons. The molecule has 3 heteroatoms. The Bertz CT molecular complexity index is 425. The minimum atomic E-state index is -0.0807. The topological polar surface area (TPSA) is 21.3 Å². The quantitative estimate of drug-likeness (QED) is 0.898. The normalized spacial score (nSPS) is 21.1. The van der Waals surface area contributed by atoms with Crippen LogP contribution in [0, 0.1) is 11.7 Å². The first kappa shape index (κ1) is 12.9. The summed E-state index contributed by atoms with van der Waals surface area (Å²) in [5, 5.41) is 3.32. The molecule has 1 heterocycles. The molecule has 0 amide bonds. The second-order valence-corrected chi connectivity index (χ2v) is 5.82. The van der Waals surface area contributed by atoms with E-state index in [9.17, 15) is 4.39 Å². The maximum Gasteiger partial charge on any atom is 0.126 e. The van der Waals surface area contributed by atoms with Crippen LogP contribution in [0.25, 0.3) is 0 Å². The van der Waals surface area contributed by atoms with Crippen LogP contribution < -0.4 is 10.1 Å². The summed E-state index contributed by atoms with van der Waals surface area (Å²) in [7, 11) is 0. The van der Waals surface area contributed by atoms with Crippen LogP contribution in [0.5, 0.6) is 5.75 Å². The van der Waals surface area contributed by atoms with Gasteiger partial charge >= 0.3 is 0 Å². The van der Waals surface area contributed by atoms with E-state index in [4.69, 9.17) is 4.74 Å². The lowest BCUT2D eigenvalue weighted by Gasteiger charge is -2.26. The van der Waals surface area contributed by atoms with Gasteiger partial charge in [0.25, 0.3) is 0 Å². The van der Waals surface area contributed by atoms with E-state index in [0.717, 1.165) is 43.9 Å². The van der Waals surface area contributed by atoms with Crippen LogP contribution in [0.1, 0.15) is 43.6 Å². The Hall–Kier alpha value is -1.09. The highest BCUT2D eigenvalue weighted by Gasteiger charge is 2.21. The second kappa shape index (κ2) is 5.91. The fourth-order valence-electron chi connectivity index (χ4n) is 2.93. The van der Waals surface area contributed by atoms with Gasteiger partial charge in [-0.05, 0) is 74.4 Å². The standard InChI is InChI=1S/C16H22FNO/c17-16-5-4-14(19-11-12-2-1-3-12)10-15(16)13-6-8-18-9-7-13/h4-5,10,12-13,18H,1-3,6-9,11H2. The molecule has 3 rings (SSSR count). The zero-order valence-corrected chi connectivity index (χ0v) is 11.3. The number of nitrogens with one attached hydrogen (secondary N) is 1. The average molecular weight is 263 g/mol. The molecule has 1 aliphatic heterocycles. The van der Waals surface area contributed by atoms with Gasteiger partial charge in [0, 0.05) is 0 Å². The smallest absolute Gasteiger partial charge is 0.126 e. The van der Waals surface area contributed by atoms with Crippen LogP contribution in [-0.4, -0.2) is 19.7 Å². The number of ether oxygens (including phenoxy) is 1. The molecule has 0 spiro atoms. The van der Waals surface area contributed by atoms with E-state index in [1.54, 1.807) is 12.1 Å². The summed E-state index contributed by atoms with van der Waals surface area (Å²) in [5.41, 5.74) is 0.840. The number of benzene rings is 1. The molecule has 19 heavy (non-hydrogen) atoms. The van der Waals surface area contributed by atoms with E-state index >= 15 is 0 Å². The third-order valence-corrected chi connectivity index (χ3v) is 4.46. The van der Waals surface area contributed by atoms with Gasteiger partial charge in [-0.3, -0.25) is 0 Å². The summed E-state index contributed by atoms with van der Waals surface area (Å²) in [6, 6.07) is 5.25. The third kappa shape index (κ3) is 3.08. The van der Waals surface area contributed by atoms with Gasteiger partial charge in [0.05, 0.1) is 6.61 Å². The van der Waals surface area contributed by atoms with E-state index in [0.29, 0.717) is 11.8 Å². The molecule has 0 atom stereocenters. The highest BCUT2D eigenvalue weighted by Crippen LogP contribution is 2.31. The fourth-order valence-corrected chi connectivity index (χ4v) is 2.93. The lowest BCUT2D eigenvalue weighted by molar-refractivity contribution is 0.180. The molecule has 104 valence electrons. The van der Waals surface area contributed by atoms with Crippen molar-refractivity contribution in [1.82, 2.24) is 5.32 Å². The van der Waals surface area contributed by atoms with Crippen molar-refractivity contribution in [1.29, 1.82) is 0 Å². The van der Waals surface area contributed by atoms with E-state index in [2.05, 4.69) is 5.32 Å². The number of halogens is 1. The Balaban J connectivity index is 1.67.